The van der Waals surface area contributed by atoms with Gasteiger partial charge in [0.05, 0.1) is 13.2 Å². The smallest absolute Gasteiger partial charge is 0.173 e. The number of allylic oxidation sites excluding steroid dienone is 3. The van der Waals surface area contributed by atoms with Crippen LogP contribution in [0.4, 0.5) is 0 Å². The van der Waals surface area contributed by atoms with Crippen LogP contribution in [0, 0.1) is 28.1 Å². The fraction of sp³-hybridized carbons (Fsp3) is 0.818. The first-order chi connectivity index (χ1) is 11.2. The van der Waals surface area contributed by atoms with Crippen LogP contribution in [0.25, 0.3) is 0 Å². The lowest BCUT2D eigenvalue weighted by Crippen LogP contribution is -2.64. The summed E-state index contributed by atoms with van der Waals surface area (Å²) in [7, 11) is 0. The van der Waals surface area contributed by atoms with E-state index in [1.54, 1.807) is 0 Å². The van der Waals surface area contributed by atoms with Crippen LogP contribution in [0.3, 0.4) is 0 Å². The Labute approximate surface area is 147 Å². The Morgan fingerprint density at radius 1 is 1.00 bits per heavy atom. The molecule has 0 aromatic carbocycles. The van der Waals surface area contributed by atoms with Crippen LogP contribution in [0.2, 0.25) is 0 Å². The maximum atomic E-state index is 6.24. The minimum atomic E-state index is -0.345. The molecule has 3 fully saturated rings. The minimum Gasteiger partial charge on any atom is -0.347 e. The Hall–Kier alpha value is -0.600. The van der Waals surface area contributed by atoms with E-state index < -0.39 is 0 Å². The van der Waals surface area contributed by atoms with Gasteiger partial charge in [0.1, 0.15) is 0 Å². The maximum absolute atomic E-state index is 6.24. The molecular weight excluding hydrogens is 296 g/mol. The molecule has 24 heavy (non-hydrogen) atoms. The van der Waals surface area contributed by atoms with Gasteiger partial charge < -0.3 is 9.47 Å². The fourth-order valence-corrected chi connectivity index (χ4v) is 7.20. The third-order valence-electron chi connectivity index (χ3n) is 8.74. The molecule has 2 saturated carbocycles. The van der Waals surface area contributed by atoms with Gasteiger partial charge in [0.15, 0.2) is 5.79 Å². The standard InChI is InChI=1S/C22H34O2/c1-15-7-8-18-20(5,16(15)2)10-9-17-19(3,4)22(23-13-14-24-22)12-11-21(17,18)6/h7,17-18H,2,8-14H2,1,3-6H3/t17-,18-,20-,21-/m0/s1. The largest absolute Gasteiger partial charge is 0.347 e. The van der Waals surface area contributed by atoms with Gasteiger partial charge in [0.25, 0.3) is 0 Å². The molecule has 134 valence electrons. The van der Waals surface area contributed by atoms with E-state index >= 15 is 0 Å². The summed E-state index contributed by atoms with van der Waals surface area (Å²) in [6.45, 7) is 18.1. The number of ether oxygens (including phenoxy) is 2. The molecule has 1 heterocycles. The van der Waals surface area contributed by atoms with Crippen LogP contribution in [0.1, 0.15) is 66.7 Å². The van der Waals surface area contributed by atoms with Gasteiger partial charge in [0.2, 0.25) is 0 Å². The van der Waals surface area contributed by atoms with Gasteiger partial charge in [-0.15, -0.1) is 0 Å². The van der Waals surface area contributed by atoms with Gasteiger partial charge in [-0.05, 0) is 60.8 Å². The van der Waals surface area contributed by atoms with Crippen LogP contribution >= 0.6 is 0 Å². The monoisotopic (exact) mass is 330 g/mol. The molecule has 4 rings (SSSR count). The summed E-state index contributed by atoms with van der Waals surface area (Å²) in [5.74, 6) is 0.995. The van der Waals surface area contributed by atoms with E-state index in [9.17, 15) is 0 Å². The third-order valence-corrected chi connectivity index (χ3v) is 8.74. The van der Waals surface area contributed by atoms with Gasteiger partial charge >= 0.3 is 0 Å². The van der Waals surface area contributed by atoms with E-state index in [1.807, 2.05) is 0 Å². The lowest BCUT2D eigenvalue weighted by Gasteiger charge is -2.66. The highest BCUT2D eigenvalue weighted by Crippen LogP contribution is 2.70. The lowest BCUT2D eigenvalue weighted by atomic mass is 9.40. The topological polar surface area (TPSA) is 18.5 Å². The van der Waals surface area contributed by atoms with Crippen molar-refractivity contribution in [2.45, 2.75) is 72.5 Å². The summed E-state index contributed by atoms with van der Waals surface area (Å²) in [5, 5.41) is 0. The molecule has 0 radical (unpaired) electrons. The van der Waals surface area contributed by atoms with Crippen LogP contribution in [0.15, 0.2) is 23.8 Å². The SMILES string of the molecule is C=C1C(C)=CC[C@@H]2[C@@]3(C)CCC4(OCCO4)C(C)(C)[C@@H]3CC[C@@]12C. The Bertz CT molecular complexity index is 595. The zero-order valence-electron chi connectivity index (χ0n) is 16.2. The third kappa shape index (κ3) is 1.85. The Morgan fingerprint density at radius 3 is 2.33 bits per heavy atom. The molecule has 1 aliphatic heterocycles. The highest BCUT2D eigenvalue weighted by Gasteiger charge is 2.67. The van der Waals surface area contributed by atoms with Gasteiger partial charge in [-0.25, -0.2) is 0 Å². The van der Waals surface area contributed by atoms with Gasteiger partial charge in [-0.3, -0.25) is 0 Å². The second-order valence-electron chi connectivity index (χ2n) is 9.84. The van der Waals surface area contributed by atoms with E-state index in [4.69, 9.17) is 9.47 Å². The van der Waals surface area contributed by atoms with Crippen molar-refractivity contribution in [1.82, 2.24) is 0 Å². The van der Waals surface area contributed by atoms with E-state index in [0.29, 0.717) is 17.3 Å². The molecule has 0 aromatic rings. The summed E-state index contributed by atoms with van der Waals surface area (Å²) >= 11 is 0. The molecule has 3 aliphatic carbocycles. The van der Waals surface area contributed by atoms with Crippen molar-refractivity contribution in [1.29, 1.82) is 0 Å². The summed E-state index contributed by atoms with van der Waals surface area (Å²) < 4.78 is 12.5. The predicted octanol–water partition coefficient (Wildman–Crippen LogP) is 5.49. The van der Waals surface area contributed by atoms with Crippen LogP contribution in [-0.4, -0.2) is 19.0 Å². The number of rotatable bonds is 0. The van der Waals surface area contributed by atoms with Gasteiger partial charge in [-0.2, -0.15) is 0 Å². The van der Waals surface area contributed by atoms with Crippen LogP contribution in [0.5, 0.6) is 0 Å². The summed E-state index contributed by atoms with van der Waals surface area (Å²) in [4.78, 5) is 0. The highest BCUT2D eigenvalue weighted by atomic mass is 16.7. The fourth-order valence-electron chi connectivity index (χ4n) is 7.20. The zero-order chi connectivity index (χ0) is 17.4. The van der Waals surface area contributed by atoms with Crippen molar-refractivity contribution in [2.75, 3.05) is 13.2 Å². The normalized spacial score (nSPS) is 46.4. The second kappa shape index (κ2) is 4.98. The number of hydrogen-bond donors (Lipinski definition) is 0. The summed E-state index contributed by atoms with van der Waals surface area (Å²) in [5.41, 5.74) is 3.49. The highest BCUT2D eigenvalue weighted by molar-refractivity contribution is 5.38. The lowest BCUT2D eigenvalue weighted by molar-refractivity contribution is -0.300. The molecule has 0 N–H and O–H groups in total. The minimum absolute atomic E-state index is 0.0649. The molecule has 1 saturated heterocycles. The van der Waals surface area contributed by atoms with Gasteiger partial charge in [-0.1, -0.05) is 45.9 Å². The molecule has 4 aliphatic rings. The van der Waals surface area contributed by atoms with Crippen molar-refractivity contribution in [3.63, 3.8) is 0 Å². The van der Waals surface area contributed by atoms with E-state index in [2.05, 4.69) is 47.3 Å². The Morgan fingerprint density at radius 2 is 1.67 bits per heavy atom. The average Bonchev–Trinajstić information content (AvgIpc) is 3.00. The van der Waals surface area contributed by atoms with Crippen molar-refractivity contribution >= 4 is 0 Å². The average molecular weight is 331 g/mol. The summed E-state index contributed by atoms with van der Waals surface area (Å²) in [6, 6.07) is 0. The Kier molecular flexibility index (Phi) is 3.49. The molecule has 2 nitrogen and oxygen atoms in total. The molecule has 2 heteroatoms. The first kappa shape index (κ1) is 16.8. The quantitative estimate of drug-likeness (QED) is 0.584. The molecule has 0 aromatic heterocycles. The summed E-state index contributed by atoms with van der Waals surface area (Å²) in [6.07, 6.45) is 8.41. The molecular formula is C22H34O2. The molecule has 0 bridgehead atoms. The first-order valence-electron chi connectivity index (χ1n) is 9.82. The number of hydrogen-bond acceptors (Lipinski definition) is 2. The van der Waals surface area contributed by atoms with Gasteiger partial charge in [0, 0.05) is 11.8 Å². The van der Waals surface area contributed by atoms with Crippen LogP contribution < -0.4 is 0 Å². The number of fused-ring (bicyclic) bond motifs is 3. The first-order valence-corrected chi connectivity index (χ1v) is 9.82. The Balaban J connectivity index is 1.75. The zero-order valence-corrected chi connectivity index (χ0v) is 16.2. The van der Waals surface area contributed by atoms with Crippen LogP contribution in [-0.2, 0) is 9.47 Å². The van der Waals surface area contributed by atoms with Crippen molar-refractivity contribution in [3.8, 4) is 0 Å². The van der Waals surface area contributed by atoms with E-state index in [0.717, 1.165) is 19.6 Å². The van der Waals surface area contributed by atoms with Crippen molar-refractivity contribution < 1.29 is 9.47 Å². The molecule has 4 atom stereocenters. The second-order valence-corrected chi connectivity index (χ2v) is 9.84. The van der Waals surface area contributed by atoms with E-state index in [-0.39, 0.29) is 16.6 Å². The molecule has 0 unspecified atom stereocenters. The predicted molar refractivity (Wildman–Crippen MR) is 97.6 cm³/mol. The maximum Gasteiger partial charge on any atom is 0.173 e. The molecule has 0 amide bonds. The van der Waals surface area contributed by atoms with Crippen molar-refractivity contribution in [3.05, 3.63) is 23.8 Å². The van der Waals surface area contributed by atoms with Crippen molar-refractivity contribution in [2.24, 2.45) is 28.1 Å². The van der Waals surface area contributed by atoms with E-state index in [1.165, 1.54) is 36.8 Å². The molecule has 1 spiro atoms.